The number of benzene rings is 1. The summed E-state index contributed by atoms with van der Waals surface area (Å²) in [5, 5.41) is 10.5. The standard InChI is InChI=1S/C14H19N3/c1-11(2)14(12-6-4-3-5-7-12)15-10-13-8-9-16-17-13/h3-9,11,14-15H,10H2,1-2H3,(H,16,17). The summed E-state index contributed by atoms with van der Waals surface area (Å²) in [6.07, 6.45) is 1.78. The first-order valence-corrected chi connectivity index (χ1v) is 6.04. The molecule has 0 aliphatic heterocycles. The first-order chi connectivity index (χ1) is 8.27. The summed E-state index contributed by atoms with van der Waals surface area (Å²) >= 11 is 0. The molecule has 1 heterocycles. The molecule has 2 aromatic rings. The quantitative estimate of drug-likeness (QED) is 0.827. The lowest BCUT2D eigenvalue weighted by atomic mass is 9.96. The number of hydrogen-bond acceptors (Lipinski definition) is 2. The average molecular weight is 229 g/mol. The largest absolute Gasteiger partial charge is 0.304 e. The van der Waals surface area contributed by atoms with E-state index in [9.17, 15) is 0 Å². The van der Waals surface area contributed by atoms with Crippen LogP contribution in [0.5, 0.6) is 0 Å². The van der Waals surface area contributed by atoms with Crippen molar-refractivity contribution in [1.82, 2.24) is 15.5 Å². The van der Waals surface area contributed by atoms with Crippen LogP contribution < -0.4 is 5.32 Å². The third kappa shape index (κ3) is 3.17. The zero-order chi connectivity index (χ0) is 12.1. The maximum Gasteiger partial charge on any atom is 0.0490 e. The molecular formula is C14H19N3. The first-order valence-electron chi connectivity index (χ1n) is 6.04. The summed E-state index contributed by atoms with van der Waals surface area (Å²) in [5.41, 5.74) is 2.45. The van der Waals surface area contributed by atoms with E-state index in [0.29, 0.717) is 12.0 Å². The molecule has 2 rings (SSSR count). The van der Waals surface area contributed by atoms with Crippen molar-refractivity contribution in [2.75, 3.05) is 0 Å². The number of hydrogen-bond donors (Lipinski definition) is 2. The van der Waals surface area contributed by atoms with Crippen molar-refractivity contribution in [2.45, 2.75) is 26.4 Å². The van der Waals surface area contributed by atoms with Crippen molar-refractivity contribution in [2.24, 2.45) is 5.92 Å². The number of rotatable bonds is 5. The lowest BCUT2D eigenvalue weighted by Crippen LogP contribution is -2.25. The summed E-state index contributed by atoms with van der Waals surface area (Å²) in [7, 11) is 0. The molecule has 0 saturated heterocycles. The molecule has 1 aromatic heterocycles. The summed E-state index contributed by atoms with van der Waals surface area (Å²) in [6, 6.07) is 12.9. The molecule has 1 aromatic carbocycles. The fraction of sp³-hybridized carbons (Fsp3) is 0.357. The average Bonchev–Trinajstić information content (AvgIpc) is 2.83. The Morgan fingerprint density at radius 3 is 2.53 bits per heavy atom. The summed E-state index contributed by atoms with van der Waals surface area (Å²) in [6.45, 7) is 5.28. The van der Waals surface area contributed by atoms with E-state index in [1.165, 1.54) is 5.56 Å². The van der Waals surface area contributed by atoms with Gasteiger partial charge in [0.1, 0.15) is 0 Å². The molecule has 0 fully saturated rings. The molecule has 0 radical (unpaired) electrons. The van der Waals surface area contributed by atoms with E-state index >= 15 is 0 Å². The molecule has 90 valence electrons. The fourth-order valence-electron chi connectivity index (χ4n) is 2.00. The van der Waals surface area contributed by atoms with Gasteiger partial charge in [-0.2, -0.15) is 5.10 Å². The number of nitrogens with zero attached hydrogens (tertiary/aromatic N) is 1. The minimum absolute atomic E-state index is 0.375. The van der Waals surface area contributed by atoms with Gasteiger partial charge in [0, 0.05) is 24.5 Å². The van der Waals surface area contributed by atoms with Crippen molar-refractivity contribution in [3.8, 4) is 0 Å². The van der Waals surface area contributed by atoms with E-state index < -0.39 is 0 Å². The van der Waals surface area contributed by atoms with Gasteiger partial charge in [0.15, 0.2) is 0 Å². The molecule has 0 amide bonds. The van der Waals surface area contributed by atoms with Gasteiger partial charge >= 0.3 is 0 Å². The smallest absolute Gasteiger partial charge is 0.0490 e. The molecule has 0 aliphatic carbocycles. The Kier molecular flexibility index (Phi) is 3.94. The van der Waals surface area contributed by atoms with Crippen molar-refractivity contribution >= 4 is 0 Å². The Hall–Kier alpha value is -1.61. The first kappa shape index (κ1) is 11.9. The second kappa shape index (κ2) is 5.64. The number of aromatic amines is 1. The zero-order valence-electron chi connectivity index (χ0n) is 10.4. The van der Waals surface area contributed by atoms with E-state index in [2.05, 4.69) is 59.7 Å². The maximum absolute atomic E-state index is 3.95. The Bertz CT molecular complexity index is 420. The molecule has 3 heteroatoms. The third-order valence-corrected chi connectivity index (χ3v) is 2.90. The van der Waals surface area contributed by atoms with E-state index in [1.54, 1.807) is 6.20 Å². The monoisotopic (exact) mass is 229 g/mol. The van der Waals surface area contributed by atoms with Gasteiger partial charge < -0.3 is 5.32 Å². The van der Waals surface area contributed by atoms with E-state index in [1.807, 2.05) is 6.07 Å². The van der Waals surface area contributed by atoms with Crippen LogP contribution in [-0.2, 0) is 6.54 Å². The molecule has 0 bridgehead atoms. The molecule has 17 heavy (non-hydrogen) atoms. The normalized spacial score (nSPS) is 12.9. The van der Waals surface area contributed by atoms with Gasteiger partial charge in [-0.1, -0.05) is 44.2 Å². The summed E-state index contributed by atoms with van der Waals surface area (Å²) < 4.78 is 0. The van der Waals surface area contributed by atoms with Crippen LogP contribution in [0.1, 0.15) is 31.1 Å². The predicted molar refractivity (Wildman–Crippen MR) is 69.4 cm³/mol. The molecular weight excluding hydrogens is 210 g/mol. The van der Waals surface area contributed by atoms with Crippen LogP contribution in [0.25, 0.3) is 0 Å². The van der Waals surface area contributed by atoms with Crippen LogP contribution in [0.2, 0.25) is 0 Å². The van der Waals surface area contributed by atoms with Gasteiger partial charge in [-0.25, -0.2) is 0 Å². The van der Waals surface area contributed by atoms with E-state index in [4.69, 9.17) is 0 Å². The van der Waals surface area contributed by atoms with Crippen LogP contribution in [0.4, 0.5) is 0 Å². The lowest BCUT2D eigenvalue weighted by Gasteiger charge is -2.22. The molecule has 2 N–H and O–H groups in total. The summed E-state index contributed by atoms with van der Waals surface area (Å²) in [4.78, 5) is 0. The van der Waals surface area contributed by atoms with Crippen LogP contribution in [0.3, 0.4) is 0 Å². The second-order valence-electron chi connectivity index (χ2n) is 4.60. The number of H-pyrrole nitrogens is 1. The highest BCUT2D eigenvalue weighted by atomic mass is 15.1. The lowest BCUT2D eigenvalue weighted by molar-refractivity contribution is 0.408. The fourth-order valence-corrected chi connectivity index (χ4v) is 2.00. The molecule has 1 atom stereocenters. The predicted octanol–water partition coefficient (Wildman–Crippen LogP) is 2.90. The Morgan fingerprint density at radius 2 is 1.94 bits per heavy atom. The van der Waals surface area contributed by atoms with Crippen LogP contribution >= 0.6 is 0 Å². The van der Waals surface area contributed by atoms with Crippen LogP contribution in [-0.4, -0.2) is 10.2 Å². The van der Waals surface area contributed by atoms with Gasteiger partial charge in [-0.3, -0.25) is 5.10 Å². The highest BCUT2D eigenvalue weighted by Crippen LogP contribution is 2.21. The van der Waals surface area contributed by atoms with Gasteiger partial charge in [0.2, 0.25) is 0 Å². The minimum atomic E-state index is 0.375. The van der Waals surface area contributed by atoms with Crippen LogP contribution in [0, 0.1) is 5.92 Å². The topological polar surface area (TPSA) is 40.7 Å². The maximum atomic E-state index is 3.95. The SMILES string of the molecule is CC(C)C(NCc1ccn[nH]1)c1ccccc1. The number of nitrogens with one attached hydrogen (secondary N) is 2. The number of aromatic nitrogens is 2. The van der Waals surface area contributed by atoms with Crippen molar-refractivity contribution < 1.29 is 0 Å². The Labute approximate surface area is 102 Å². The van der Waals surface area contributed by atoms with Crippen LogP contribution in [0.15, 0.2) is 42.6 Å². The van der Waals surface area contributed by atoms with E-state index in [0.717, 1.165) is 12.2 Å². The van der Waals surface area contributed by atoms with Gasteiger partial charge in [0.05, 0.1) is 0 Å². The van der Waals surface area contributed by atoms with Crippen molar-refractivity contribution in [1.29, 1.82) is 0 Å². The van der Waals surface area contributed by atoms with Gasteiger partial charge in [0.25, 0.3) is 0 Å². The third-order valence-electron chi connectivity index (χ3n) is 2.90. The summed E-state index contributed by atoms with van der Waals surface area (Å²) in [5.74, 6) is 0.556. The van der Waals surface area contributed by atoms with Crippen molar-refractivity contribution in [3.05, 3.63) is 53.9 Å². The molecule has 0 saturated carbocycles. The molecule has 0 aliphatic rings. The van der Waals surface area contributed by atoms with Gasteiger partial charge in [-0.05, 0) is 17.5 Å². The highest BCUT2D eigenvalue weighted by molar-refractivity contribution is 5.19. The molecule has 1 unspecified atom stereocenters. The highest BCUT2D eigenvalue weighted by Gasteiger charge is 2.14. The zero-order valence-corrected chi connectivity index (χ0v) is 10.4. The van der Waals surface area contributed by atoms with E-state index in [-0.39, 0.29) is 0 Å². The van der Waals surface area contributed by atoms with Gasteiger partial charge in [-0.15, -0.1) is 0 Å². The molecule has 3 nitrogen and oxygen atoms in total. The minimum Gasteiger partial charge on any atom is -0.304 e. The Morgan fingerprint density at radius 1 is 1.18 bits per heavy atom. The van der Waals surface area contributed by atoms with Crippen molar-refractivity contribution in [3.63, 3.8) is 0 Å². The Balaban J connectivity index is 2.03. The second-order valence-corrected chi connectivity index (χ2v) is 4.60. The molecule has 0 spiro atoms.